The lowest BCUT2D eigenvalue weighted by Gasteiger charge is -2.12. The second kappa shape index (κ2) is 9.39. The average molecular weight is 401 g/mol. The van der Waals surface area contributed by atoms with Gasteiger partial charge in [-0.15, -0.1) is 0 Å². The van der Waals surface area contributed by atoms with Crippen molar-refractivity contribution in [1.29, 1.82) is 5.26 Å². The van der Waals surface area contributed by atoms with E-state index in [0.717, 1.165) is 0 Å². The molecular formula is C24H19NO5. The summed E-state index contributed by atoms with van der Waals surface area (Å²) in [4.78, 5) is 25.3. The molecule has 3 aromatic carbocycles. The predicted molar refractivity (Wildman–Crippen MR) is 111 cm³/mol. The summed E-state index contributed by atoms with van der Waals surface area (Å²) in [7, 11) is 2.96. The van der Waals surface area contributed by atoms with Crippen molar-refractivity contribution in [3.63, 3.8) is 0 Å². The Kier molecular flexibility index (Phi) is 6.46. The first-order valence-corrected chi connectivity index (χ1v) is 9.10. The van der Waals surface area contributed by atoms with Gasteiger partial charge in [-0.1, -0.05) is 36.4 Å². The minimum absolute atomic E-state index is 0.273. The number of Topliss-reactive ketones (excluding diaryl/α,β-unsaturated/α-hetero) is 1. The first kappa shape index (κ1) is 20.6. The number of ether oxygens (including phenoxy) is 3. The molecule has 0 heterocycles. The number of carbonyl (C=O) groups excluding carboxylic acids is 2. The highest BCUT2D eigenvalue weighted by atomic mass is 16.5. The molecule has 0 unspecified atom stereocenters. The maximum Gasteiger partial charge on any atom is 0.339 e. The van der Waals surface area contributed by atoms with Crippen molar-refractivity contribution in [2.75, 3.05) is 20.8 Å². The molecule has 0 spiro atoms. The zero-order valence-electron chi connectivity index (χ0n) is 16.5. The van der Waals surface area contributed by atoms with Gasteiger partial charge < -0.3 is 14.2 Å². The normalized spacial score (nSPS) is 10.0. The smallest absolute Gasteiger partial charge is 0.339 e. The van der Waals surface area contributed by atoms with Gasteiger partial charge >= 0.3 is 5.97 Å². The summed E-state index contributed by atoms with van der Waals surface area (Å²) in [6.45, 7) is -0.449. The summed E-state index contributed by atoms with van der Waals surface area (Å²) in [5.41, 5.74) is 2.19. The van der Waals surface area contributed by atoms with Gasteiger partial charge in [0, 0.05) is 11.6 Å². The van der Waals surface area contributed by atoms with Gasteiger partial charge in [0.05, 0.1) is 37.0 Å². The van der Waals surface area contributed by atoms with Gasteiger partial charge in [-0.25, -0.2) is 4.79 Å². The fourth-order valence-corrected chi connectivity index (χ4v) is 3.03. The lowest BCUT2D eigenvalue weighted by Crippen LogP contribution is -2.15. The Balaban J connectivity index is 1.81. The summed E-state index contributed by atoms with van der Waals surface area (Å²) < 4.78 is 15.6. The number of hydrogen-bond donors (Lipinski definition) is 0. The molecule has 150 valence electrons. The summed E-state index contributed by atoms with van der Waals surface area (Å²) in [6.07, 6.45) is 0. The molecule has 6 nitrogen and oxygen atoms in total. The Morgan fingerprint density at radius 2 is 1.57 bits per heavy atom. The first-order valence-electron chi connectivity index (χ1n) is 9.10. The third-order valence-corrected chi connectivity index (χ3v) is 4.53. The van der Waals surface area contributed by atoms with Gasteiger partial charge in [0.1, 0.15) is 11.5 Å². The zero-order chi connectivity index (χ0) is 21.5. The molecule has 0 atom stereocenters. The van der Waals surface area contributed by atoms with Crippen molar-refractivity contribution < 1.29 is 23.8 Å². The molecule has 0 saturated carbocycles. The van der Waals surface area contributed by atoms with Crippen LogP contribution in [0.2, 0.25) is 0 Å². The van der Waals surface area contributed by atoms with E-state index >= 15 is 0 Å². The third kappa shape index (κ3) is 4.31. The fourth-order valence-electron chi connectivity index (χ4n) is 3.03. The highest BCUT2D eigenvalue weighted by Crippen LogP contribution is 2.28. The van der Waals surface area contributed by atoms with Crippen molar-refractivity contribution in [3.05, 3.63) is 83.4 Å². The van der Waals surface area contributed by atoms with Crippen LogP contribution in [0, 0.1) is 11.3 Å². The maximum absolute atomic E-state index is 12.7. The van der Waals surface area contributed by atoms with Crippen molar-refractivity contribution >= 4 is 11.8 Å². The molecule has 30 heavy (non-hydrogen) atoms. The molecule has 0 aromatic heterocycles. The van der Waals surface area contributed by atoms with Crippen molar-refractivity contribution in [2.45, 2.75) is 0 Å². The molecule has 0 N–H and O–H groups in total. The Bertz CT molecular complexity index is 1130. The number of hydrogen-bond acceptors (Lipinski definition) is 6. The topological polar surface area (TPSA) is 85.6 Å². The van der Waals surface area contributed by atoms with Crippen LogP contribution in [0.25, 0.3) is 11.1 Å². The Morgan fingerprint density at radius 1 is 0.867 bits per heavy atom. The Morgan fingerprint density at radius 3 is 2.27 bits per heavy atom. The Hall–Kier alpha value is -4.11. The van der Waals surface area contributed by atoms with Gasteiger partial charge in [-0.3, -0.25) is 4.79 Å². The highest BCUT2D eigenvalue weighted by Gasteiger charge is 2.19. The van der Waals surface area contributed by atoms with Gasteiger partial charge in [0.15, 0.2) is 6.61 Å². The number of carbonyl (C=O) groups is 2. The summed E-state index contributed by atoms with van der Waals surface area (Å²) in [5.74, 6) is -0.179. The summed E-state index contributed by atoms with van der Waals surface area (Å²) in [6, 6.07) is 20.7. The third-order valence-electron chi connectivity index (χ3n) is 4.53. The molecule has 0 amide bonds. The lowest BCUT2D eigenvalue weighted by molar-refractivity contribution is 0.0474. The second-order valence-corrected chi connectivity index (χ2v) is 6.27. The van der Waals surface area contributed by atoms with E-state index in [1.807, 2.05) is 0 Å². The summed E-state index contributed by atoms with van der Waals surface area (Å²) in [5, 5.41) is 9.37. The molecule has 0 bridgehead atoms. The standard InChI is InChI=1S/C24H19NO5/c1-28-17-11-12-21(23(13-17)29-2)22(26)15-30-24(27)20-10-6-5-9-19(20)18-8-4-3-7-16(18)14-25/h3-13H,15H2,1-2H3. The highest BCUT2D eigenvalue weighted by molar-refractivity contribution is 6.03. The minimum atomic E-state index is -0.654. The quantitative estimate of drug-likeness (QED) is 0.434. The molecule has 3 rings (SSSR count). The molecule has 0 aliphatic rings. The van der Waals surface area contributed by atoms with E-state index in [9.17, 15) is 14.9 Å². The van der Waals surface area contributed by atoms with Crippen LogP contribution in [0.15, 0.2) is 66.7 Å². The van der Waals surface area contributed by atoms with E-state index in [4.69, 9.17) is 14.2 Å². The van der Waals surface area contributed by atoms with Gasteiger partial charge in [-0.2, -0.15) is 5.26 Å². The maximum atomic E-state index is 12.7. The van der Waals surface area contributed by atoms with Crippen molar-refractivity contribution in [3.8, 4) is 28.7 Å². The van der Waals surface area contributed by atoms with E-state index in [2.05, 4.69) is 6.07 Å². The van der Waals surface area contributed by atoms with Gasteiger partial charge in [-0.05, 0) is 29.8 Å². The van der Waals surface area contributed by atoms with Crippen LogP contribution in [0.5, 0.6) is 11.5 Å². The molecular weight excluding hydrogens is 382 g/mol. The van der Waals surface area contributed by atoms with E-state index in [1.165, 1.54) is 14.2 Å². The van der Waals surface area contributed by atoms with E-state index in [0.29, 0.717) is 28.2 Å². The van der Waals surface area contributed by atoms with Crippen LogP contribution in [-0.2, 0) is 4.74 Å². The van der Waals surface area contributed by atoms with Crippen LogP contribution in [0.3, 0.4) is 0 Å². The van der Waals surface area contributed by atoms with E-state index < -0.39 is 18.4 Å². The number of nitrogens with zero attached hydrogens (tertiary/aromatic N) is 1. The molecule has 0 fully saturated rings. The monoisotopic (exact) mass is 401 g/mol. The van der Waals surface area contributed by atoms with E-state index in [-0.39, 0.29) is 11.1 Å². The molecule has 0 aliphatic carbocycles. The molecule has 0 saturated heterocycles. The number of nitriles is 1. The number of rotatable bonds is 7. The van der Waals surface area contributed by atoms with Crippen LogP contribution in [0.1, 0.15) is 26.3 Å². The lowest BCUT2D eigenvalue weighted by atomic mass is 9.96. The molecule has 3 aromatic rings. The first-order chi connectivity index (χ1) is 14.6. The Labute approximate surface area is 174 Å². The van der Waals surface area contributed by atoms with E-state index in [1.54, 1.807) is 66.7 Å². The number of benzene rings is 3. The molecule has 6 heteroatoms. The number of ketones is 1. The van der Waals surface area contributed by atoms with Crippen molar-refractivity contribution in [2.24, 2.45) is 0 Å². The second-order valence-electron chi connectivity index (χ2n) is 6.27. The van der Waals surface area contributed by atoms with Crippen LogP contribution >= 0.6 is 0 Å². The minimum Gasteiger partial charge on any atom is -0.497 e. The molecule has 0 aliphatic heterocycles. The van der Waals surface area contributed by atoms with Gasteiger partial charge in [0.25, 0.3) is 0 Å². The zero-order valence-corrected chi connectivity index (χ0v) is 16.5. The average Bonchev–Trinajstić information content (AvgIpc) is 2.81. The fraction of sp³-hybridized carbons (Fsp3) is 0.125. The number of methoxy groups -OCH3 is 2. The SMILES string of the molecule is COc1ccc(C(=O)COC(=O)c2ccccc2-c2ccccc2C#N)c(OC)c1. The van der Waals surface area contributed by atoms with Crippen LogP contribution in [-0.4, -0.2) is 32.6 Å². The predicted octanol–water partition coefficient (Wildman–Crippen LogP) is 4.28. The van der Waals surface area contributed by atoms with Crippen LogP contribution in [0.4, 0.5) is 0 Å². The molecule has 0 radical (unpaired) electrons. The number of esters is 1. The van der Waals surface area contributed by atoms with Gasteiger partial charge in [0.2, 0.25) is 5.78 Å². The summed E-state index contributed by atoms with van der Waals surface area (Å²) >= 11 is 0. The van der Waals surface area contributed by atoms with Crippen molar-refractivity contribution in [1.82, 2.24) is 0 Å². The largest absolute Gasteiger partial charge is 0.497 e. The van der Waals surface area contributed by atoms with Crippen LogP contribution < -0.4 is 9.47 Å².